The molecule has 4 aliphatic rings. The van der Waals surface area contributed by atoms with E-state index in [9.17, 15) is 0 Å². The highest BCUT2D eigenvalue weighted by Crippen LogP contribution is 2.35. The van der Waals surface area contributed by atoms with Crippen molar-refractivity contribution in [3.8, 4) is 0 Å². The monoisotopic (exact) mass is 686 g/mol. The van der Waals surface area contributed by atoms with Crippen LogP contribution in [0.3, 0.4) is 0 Å². The molecule has 11 heteroatoms. The second-order valence-electron chi connectivity index (χ2n) is 12.6. The van der Waals surface area contributed by atoms with Gasteiger partial charge in [-0.15, -0.1) is 0 Å². The van der Waals surface area contributed by atoms with E-state index in [1.54, 1.807) is 7.11 Å². The maximum atomic E-state index is 6.50. The number of hydrogen-bond donors (Lipinski definition) is 0. The number of rotatable bonds is 4. The summed E-state index contributed by atoms with van der Waals surface area (Å²) in [6.07, 6.45) is 4.28. The molecule has 6 heterocycles. The van der Waals surface area contributed by atoms with Crippen LogP contribution in [0.1, 0.15) is 22.5 Å². The molecule has 4 aromatic rings. The quantitative estimate of drug-likeness (QED) is 0.306. The third kappa shape index (κ3) is 6.81. The Labute approximate surface area is 298 Å². The maximum Gasteiger partial charge on any atom is 0.557 e. The van der Waals surface area contributed by atoms with Crippen LogP contribution in [0.4, 0.5) is 0 Å². The molecule has 1 saturated heterocycles. The molecule has 0 amide bonds. The zero-order valence-corrected chi connectivity index (χ0v) is 29.0. The highest BCUT2D eigenvalue weighted by Gasteiger charge is 2.38. The lowest BCUT2D eigenvalue weighted by atomic mass is 9.89. The number of aromatic nitrogens is 2. The van der Waals surface area contributed by atoms with Gasteiger partial charge in [-0.2, -0.15) is 0 Å². The van der Waals surface area contributed by atoms with Crippen LogP contribution in [-0.2, 0) is 28.3 Å². The summed E-state index contributed by atoms with van der Waals surface area (Å²) >= 11 is 0. The van der Waals surface area contributed by atoms with Crippen LogP contribution in [0.2, 0.25) is 0 Å². The van der Waals surface area contributed by atoms with Crippen LogP contribution in [0.25, 0.3) is 16.8 Å². The van der Waals surface area contributed by atoms with Gasteiger partial charge in [0.15, 0.2) is 0 Å². The van der Waals surface area contributed by atoms with Crippen molar-refractivity contribution in [1.82, 2.24) is 13.9 Å². The topological polar surface area (TPSA) is 80.8 Å². The molecular weight excluding hydrogens is 643 g/mol. The lowest BCUT2D eigenvalue weighted by molar-refractivity contribution is -0.0159. The molecule has 0 atom stereocenters. The van der Waals surface area contributed by atoms with Crippen molar-refractivity contribution in [2.45, 2.75) is 0 Å². The minimum atomic E-state index is -0.448. The van der Waals surface area contributed by atoms with E-state index in [-0.39, 0.29) is 0 Å². The van der Waals surface area contributed by atoms with E-state index >= 15 is 0 Å². The van der Waals surface area contributed by atoms with Crippen molar-refractivity contribution in [1.29, 1.82) is 0 Å². The van der Waals surface area contributed by atoms with Gasteiger partial charge in [-0.25, -0.2) is 4.99 Å². The first kappa shape index (κ1) is 33.6. The minimum Gasteiger partial charge on any atom is -0.400 e. The Morgan fingerprint density at radius 1 is 0.549 bits per heavy atom. The molecule has 0 saturated carbocycles. The predicted molar refractivity (Wildman–Crippen MR) is 198 cm³/mol. The fourth-order valence-electron chi connectivity index (χ4n) is 7.32. The molecule has 1 fully saturated rings. The zero-order chi connectivity index (χ0) is 34.4. The fraction of sp³-hybridized carbons (Fsp3) is 0.325. The molecule has 0 spiro atoms. The lowest BCUT2D eigenvalue weighted by Crippen LogP contribution is -2.53. The van der Waals surface area contributed by atoms with Crippen LogP contribution in [0.5, 0.6) is 0 Å². The van der Waals surface area contributed by atoms with Gasteiger partial charge in [-0.3, -0.25) is 0 Å². The van der Waals surface area contributed by atoms with Gasteiger partial charge < -0.3 is 42.2 Å². The number of nitrogens with zero attached hydrogens (tertiary/aromatic N) is 4. The van der Waals surface area contributed by atoms with Gasteiger partial charge in [0.05, 0.1) is 88.9 Å². The first-order valence-electron chi connectivity index (χ1n) is 17.8. The summed E-state index contributed by atoms with van der Waals surface area (Å²) in [5.74, 6) is 0. The number of aliphatic imine (C=N–C) groups is 1. The maximum absolute atomic E-state index is 6.50. The van der Waals surface area contributed by atoms with Gasteiger partial charge in [0.25, 0.3) is 0 Å². The minimum absolute atomic E-state index is 0.448. The molecule has 2 aromatic heterocycles. The standard InChI is InChI=1S/C40H43BN4O6/c1-46-41-44-34-14-15-35(44)39(31-10-6-3-7-11-31)36-16-17-37(45(36)41)40(33-13-12-32(42-33)38(34)30-8-4-2-5-9-30)43-18-20-47-22-24-49-26-28-51-29-27-50-25-23-48-21-19-43/h2-17H,18-29H2,1H3. The second kappa shape index (κ2) is 15.8. The number of hydrogen-bond acceptors (Lipinski definition) is 8. The Kier molecular flexibility index (Phi) is 10.4. The molecule has 4 aliphatic heterocycles. The smallest absolute Gasteiger partial charge is 0.400 e. The van der Waals surface area contributed by atoms with E-state index in [1.807, 2.05) is 0 Å². The summed E-state index contributed by atoms with van der Waals surface area (Å²) in [5, 5.41) is 2.14. The molecule has 0 unspecified atom stereocenters. The van der Waals surface area contributed by atoms with Gasteiger partial charge in [0, 0.05) is 47.7 Å². The van der Waals surface area contributed by atoms with E-state index in [0.29, 0.717) is 79.2 Å². The SMILES string of the molecule is COB1n2c3ccc2C(c2ccccc2)=c2ccc(n21)=C(c1ccccc1)C1=NC(=C3N2CCOCCOCCOCCOCCOCC2)C=C1. The predicted octanol–water partition coefficient (Wildman–Crippen LogP) is 3.17. The molecule has 10 nitrogen and oxygen atoms in total. The van der Waals surface area contributed by atoms with E-state index in [0.717, 1.165) is 61.5 Å². The first-order valence-corrected chi connectivity index (χ1v) is 17.8. The highest BCUT2D eigenvalue weighted by molar-refractivity contribution is 6.50. The Morgan fingerprint density at radius 3 is 1.63 bits per heavy atom. The summed E-state index contributed by atoms with van der Waals surface area (Å²) in [4.78, 5) is 7.74. The number of fused-ring (bicyclic) bond motifs is 1. The van der Waals surface area contributed by atoms with Crippen molar-refractivity contribution in [2.75, 3.05) is 86.3 Å². The molecule has 2 aromatic carbocycles. The molecule has 262 valence electrons. The van der Waals surface area contributed by atoms with Crippen molar-refractivity contribution in [3.05, 3.63) is 136 Å². The van der Waals surface area contributed by atoms with Crippen molar-refractivity contribution in [2.24, 2.45) is 4.99 Å². The second-order valence-corrected chi connectivity index (χ2v) is 12.6. The molecule has 0 N–H and O–H groups in total. The summed E-state index contributed by atoms with van der Waals surface area (Å²) in [7, 11) is 1.34. The molecule has 51 heavy (non-hydrogen) atoms. The fourth-order valence-corrected chi connectivity index (χ4v) is 7.32. The third-order valence-corrected chi connectivity index (χ3v) is 9.58. The Bertz CT molecular complexity index is 2030. The largest absolute Gasteiger partial charge is 0.557 e. The van der Waals surface area contributed by atoms with Gasteiger partial charge >= 0.3 is 7.19 Å². The Hall–Kier alpha value is -4.49. The molecule has 0 aliphatic carbocycles. The highest BCUT2D eigenvalue weighted by atomic mass is 16.6. The number of benzene rings is 2. The van der Waals surface area contributed by atoms with Gasteiger partial charge in [0.2, 0.25) is 0 Å². The van der Waals surface area contributed by atoms with Gasteiger partial charge in [-0.1, -0.05) is 60.7 Å². The van der Waals surface area contributed by atoms with E-state index in [1.165, 1.54) is 0 Å². The average Bonchev–Trinajstić information content (AvgIpc) is 3.93. The van der Waals surface area contributed by atoms with Crippen LogP contribution < -0.4 is 10.7 Å². The first-order chi connectivity index (χ1) is 25.3. The summed E-state index contributed by atoms with van der Waals surface area (Å²) in [5.41, 5.74) is 9.32. The average molecular weight is 687 g/mol. The Balaban J connectivity index is 1.29. The van der Waals surface area contributed by atoms with Crippen LogP contribution >= 0.6 is 0 Å². The number of ether oxygens (including phenoxy) is 5. The van der Waals surface area contributed by atoms with Crippen molar-refractivity contribution in [3.63, 3.8) is 0 Å². The third-order valence-electron chi connectivity index (χ3n) is 9.58. The van der Waals surface area contributed by atoms with E-state index < -0.39 is 7.19 Å². The van der Waals surface area contributed by atoms with Gasteiger partial charge in [0.1, 0.15) is 0 Å². The number of allylic oxidation sites excluding steroid dienone is 2. The van der Waals surface area contributed by atoms with Gasteiger partial charge in [-0.05, 0) is 47.5 Å². The van der Waals surface area contributed by atoms with Crippen LogP contribution in [-0.4, -0.2) is 113 Å². The lowest BCUT2D eigenvalue weighted by Gasteiger charge is -2.32. The van der Waals surface area contributed by atoms with Crippen molar-refractivity contribution < 1.29 is 28.3 Å². The summed E-state index contributed by atoms with van der Waals surface area (Å²) < 4.78 is 40.4. The molecule has 8 rings (SSSR count). The summed E-state index contributed by atoms with van der Waals surface area (Å²) in [6, 6.07) is 30.0. The Morgan fingerprint density at radius 2 is 1.06 bits per heavy atom. The van der Waals surface area contributed by atoms with E-state index in [4.69, 9.17) is 33.3 Å². The normalized spacial score (nSPS) is 19.2. The van der Waals surface area contributed by atoms with Crippen LogP contribution in [0, 0.1) is 0 Å². The molecular formula is C40H43BN4O6. The summed E-state index contributed by atoms with van der Waals surface area (Å²) in [6.45, 7) is 6.40. The van der Waals surface area contributed by atoms with Crippen LogP contribution in [0.15, 0.2) is 108 Å². The molecule has 4 bridgehead atoms. The van der Waals surface area contributed by atoms with Crippen molar-refractivity contribution >= 4 is 29.7 Å². The molecule has 0 radical (unpaired) electrons. The van der Waals surface area contributed by atoms with E-state index in [2.05, 4.69) is 111 Å². The zero-order valence-electron chi connectivity index (χ0n) is 29.0.